The molecule has 0 saturated heterocycles. The molecule has 1 aliphatic heterocycles. The van der Waals surface area contributed by atoms with Crippen LogP contribution in [0.1, 0.15) is 51.2 Å². The predicted molar refractivity (Wildman–Crippen MR) is 161 cm³/mol. The van der Waals surface area contributed by atoms with Crippen molar-refractivity contribution in [1.82, 2.24) is 14.9 Å². The smallest absolute Gasteiger partial charge is 0.408 e. The van der Waals surface area contributed by atoms with E-state index in [1.54, 1.807) is 22.2 Å². The summed E-state index contributed by atoms with van der Waals surface area (Å²) in [5.41, 5.74) is 4.87. The highest BCUT2D eigenvalue weighted by Crippen LogP contribution is 2.50. The molecule has 0 atom stereocenters. The van der Waals surface area contributed by atoms with Gasteiger partial charge in [0.1, 0.15) is 5.69 Å². The topological polar surface area (TPSA) is 95.9 Å². The fraction of sp³-hybridized carbons (Fsp3) is 0.294. The van der Waals surface area contributed by atoms with E-state index in [1.165, 1.54) is 0 Å². The molecular weight excluding hydrogens is 528 g/mol. The molecule has 8 heteroatoms. The Balaban J connectivity index is 1.43. The molecule has 0 unspecified atom stereocenters. The lowest BCUT2D eigenvalue weighted by molar-refractivity contribution is -0.121. The van der Waals surface area contributed by atoms with Crippen LogP contribution in [0.4, 0.5) is 10.5 Å². The number of anilines is 1. The van der Waals surface area contributed by atoms with Gasteiger partial charge in [0.05, 0.1) is 17.8 Å². The van der Waals surface area contributed by atoms with Crippen molar-refractivity contribution in [2.45, 2.75) is 57.7 Å². The van der Waals surface area contributed by atoms with Gasteiger partial charge < -0.3 is 14.7 Å². The average molecular weight is 563 g/mol. The number of carbonyl (C=O) groups is 2. The van der Waals surface area contributed by atoms with E-state index in [1.807, 2.05) is 93.6 Å². The molecule has 42 heavy (non-hydrogen) atoms. The van der Waals surface area contributed by atoms with E-state index >= 15 is 0 Å². The van der Waals surface area contributed by atoms with Crippen molar-refractivity contribution in [2.75, 3.05) is 11.5 Å². The third-order valence-electron chi connectivity index (χ3n) is 8.21. The Labute approximate surface area is 245 Å². The minimum absolute atomic E-state index is 0.0936. The SMILES string of the molecule is CC(C)(C)N(C(=O)O)C1(c2ccc(-c3nc4c(cc3-c3ccccc3)N(Cc3cccnc3)C(=O)CO4)cc2)CCC1. The first-order chi connectivity index (χ1) is 20.2. The van der Waals surface area contributed by atoms with Crippen LogP contribution in [0.15, 0.2) is 85.2 Å². The zero-order valence-corrected chi connectivity index (χ0v) is 24.1. The van der Waals surface area contributed by atoms with Crippen LogP contribution in [0, 0.1) is 0 Å². The molecule has 2 aromatic carbocycles. The Hall–Kier alpha value is -4.72. The van der Waals surface area contributed by atoms with Crippen molar-refractivity contribution in [3.05, 3.63) is 96.3 Å². The molecule has 4 aromatic rings. The second kappa shape index (κ2) is 10.6. The van der Waals surface area contributed by atoms with Gasteiger partial charge in [-0.2, -0.15) is 0 Å². The van der Waals surface area contributed by atoms with Crippen LogP contribution >= 0.6 is 0 Å². The Kier molecular flexibility index (Phi) is 6.93. The van der Waals surface area contributed by atoms with Crippen LogP contribution in [-0.2, 0) is 16.9 Å². The second-order valence-electron chi connectivity index (χ2n) is 12.0. The number of amides is 2. The third kappa shape index (κ3) is 4.87. The molecule has 6 rings (SSSR count). The maximum atomic E-state index is 13.0. The molecular formula is C34H34N4O4. The standard InChI is InChI=1S/C34H34N4O4/c1-33(2,3)38(32(40)41)34(16-8-17-34)26-14-12-25(13-15-26)30-27(24-10-5-4-6-11-24)19-28-31(36-30)42-22-29(39)37(28)21-23-9-7-18-35-20-23/h4-7,9-15,18-20H,8,16-17,21-22H2,1-3H3,(H,40,41). The van der Waals surface area contributed by atoms with Crippen LogP contribution in [-0.4, -0.2) is 44.1 Å². The van der Waals surface area contributed by atoms with Gasteiger partial charge in [-0.25, -0.2) is 9.78 Å². The van der Waals surface area contributed by atoms with E-state index in [2.05, 4.69) is 4.98 Å². The molecule has 0 bridgehead atoms. The van der Waals surface area contributed by atoms with Crippen LogP contribution < -0.4 is 9.64 Å². The van der Waals surface area contributed by atoms with Crippen LogP contribution in [0.5, 0.6) is 5.88 Å². The Morgan fingerprint density at radius 2 is 1.76 bits per heavy atom. The lowest BCUT2D eigenvalue weighted by Gasteiger charge is -2.54. The van der Waals surface area contributed by atoms with Crippen molar-refractivity contribution in [2.24, 2.45) is 0 Å². The highest BCUT2D eigenvalue weighted by atomic mass is 16.5. The first-order valence-corrected chi connectivity index (χ1v) is 14.2. The van der Waals surface area contributed by atoms with Crippen molar-refractivity contribution in [3.63, 3.8) is 0 Å². The lowest BCUT2D eigenvalue weighted by atomic mass is 9.69. The third-order valence-corrected chi connectivity index (χ3v) is 8.21. The fourth-order valence-corrected chi connectivity index (χ4v) is 6.24. The largest absolute Gasteiger partial charge is 0.466 e. The molecule has 0 spiro atoms. The van der Waals surface area contributed by atoms with Gasteiger partial charge in [-0.15, -0.1) is 0 Å². The normalized spacial score (nSPS) is 15.8. The molecule has 2 aliphatic rings. The molecule has 1 saturated carbocycles. The monoisotopic (exact) mass is 562 g/mol. The first-order valence-electron chi connectivity index (χ1n) is 14.2. The van der Waals surface area contributed by atoms with Gasteiger partial charge in [0.2, 0.25) is 5.88 Å². The van der Waals surface area contributed by atoms with E-state index in [9.17, 15) is 14.7 Å². The minimum atomic E-state index is -0.906. The number of rotatable bonds is 6. The van der Waals surface area contributed by atoms with E-state index in [-0.39, 0.29) is 12.5 Å². The van der Waals surface area contributed by atoms with Crippen molar-refractivity contribution in [1.29, 1.82) is 0 Å². The molecule has 0 radical (unpaired) electrons. The summed E-state index contributed by atoms with van der Waals surface area (Å²) in [5, 5.41) is 10.2. The maximum absolute atomic E-state index is 13.0. The maximum Gasteiger partial charge on any atom is 0.408 e. The highest BCUT2D eigenvalue weighted by molar-refractivity contribution is 5.99. The Bertz CT molecular complexity index is 1610. The van der Waals surface area contributed by atoms with E-state index < -0.39 is 17.2 Å². The number of carboxylic acid groups (broad SMARTS) is 1. The summed E-state index contributed by atoms with van der Waals surface area (Å²) in [5.74, 6) is 0.259. The van der Waals surface area contributed by atoms with Gasteiger partial charge in [-0.3, -0.25) is 14.7 Å². The number of carbonyl (C=O) groups excluding carboxylic acids is 1. The predicted octanol–water partition coefficient (Wildman–Crippen LogP) is 6.89. The number of pyridine rings is 2. The Morgan fingerprint density at radius 3 is 2.36 bits per heavy atom. The summed E-state index contributed by atoms with van der Waals surface area (Å²) >= 11 is 0. The van der Waals surface area contributed by atoms with Gasteiger partial charge >= 0.3 is 6.09 Å². The first kappa shape index (κ1) is 27.4. The minimum Gasteiger partial charge on any atom is -0.466 e. The van der Waals surface area contributed by atoms with E-state index in [0.717, 1.165) is 52.8 Å². The molecule has 1 fully saturated rings. The van der Waals surface area contributed by atoms with Crippen molar-refractivity contribution < 1.29 is 19.4 Å². The van der Waals surface area contributed by atoms with Gasteiger partial charge in [-0.05, 0) is 68.9 Å². The summed E-state index contributed by atoms with van der Waals surface area (Å²) in [6, 6.07) is 23.8. The molecule has 8 nitrogen and oxygen atoms in total. The molecule has 3 heterocycles. The van der Waals surface area contributed by atoms with Gasteiger partial charge in [0.25, 0.3) is 5.91 Å². The van der Waals surface area contributed by atoms with Gasteiger partial charge in [-0.1, -0.05) is 60.7 Å². The number of nitrogens with zero attached hydrogens (tertiary/aromatic N) is 4. The number of fused-ring (bicyclic) bond motifs is 1. The second-order valence-corrected chi connectivity index (χ2v) is 12.0. The number of aromatic nitrogens is 2. The summed E-state index contributed by atoms with van der Waals surface area (Å²) in [4.78, 5) is 37.9. The van der Waals surface area contributed by atoms with Crippen molar-refractivity contribution >= 4 is 17.7 Å². The van der Waals surface area contributed by atoms with Crippen LogP contribution in [0.2, 0.25) is 0 Å². The molecule has 214 valence electrons. The van der Waals surface area contributed by atoms with Crippen molar-refractivity contribution in [3.8, 4) is 28.3 Å². The van der Waals surface area contributed by atoms with Crippen LogP contribution in [0.3, 0.4) is 0 Å². The molecule has 2 amide bonds. The summed E-state index contributed by atoms with van der Waals surface area (Å²) in [7, 11) is 0. The quantitative estimate of drug-likeness (QED) is 0.275. The summed E-state index contributed by atoms with van der Waals surface area (Å²) < 4.78 is 5.87. The molecule has 1 N–H and O–H groups in total. The highest BCUT2D eigenvalue weighted by Gasteiger charge is 2.50. The van der Waals surface area contributed by atoms with E-state index in [0.29, 0.717) is 18.1 Å². The van der Waals surface area contributed by atoms with E-state index in [4.69, 9.17) is 9.72 Å². The fourth-order valence-electron chi connectivity index (χ4n) is 6.24. The van der Waals surface area contributed by atoms with Crippen LogP contribution in [0.25, 0.3) is 22.4 Å². The number of hydrogen-bond donors (Lipinski definition) is 1. The number of ether oxygens (including phenoxy) is 1. The molecule has 2 aromatic heterocycles. The molecule has 1 aliphatic carbocycles. The number of benzene rings is 2. The Morgan fingerprint density at radius 1 is 1.02 bits per heavy atom. The number of hydrogen-bond acceptors (Lipinski definition) is 5. The zero-order chi connectivity index (χ0) is 29.5. The zero-order valence-electron chi connectivity index (χ0n) is 24.1. The lowest BCUT2D eigenvalue weighted by Crippen LogP contribution is -2.60. The van der Waals surface area contributed by atoms with Gasteiger partial charge in [0.15, 0.2) is 6.61 Å². The summed E-state index contributed by atoms with van der Waals surface area (Å²) in [6.07, 6.45) is 5.12. The van der Waals surface area contributed by atoms with Gasteiger partial charge in [0, 0.05) is 29.1 Å². The average Bonchev–Trinajstić information content (AvgIpc) is 2.96. The summed E-state index contributed by atoms with van der Waals surface area (Å²) in [6.45, 7) is 6.11.